The molecule has 0 saturated heterocycles. The summed E-state index contributed by atoms with van der Waals surface area (Å²) in [6.07, 6.45) is 1.04. The van der Waals surface area contributed by atoms with E-state index in [0.29, 0.717) is 6.54 Å². The maximum absolute atomic E-state index is 10.6. The topological polar surface area (TPSA) is 78.8 Å². The van der Waals surface area contributed by atoms with Crippen molar-refractivity contribution in [1.29, 1.82) is 0 Å². The monoisotopic (exact) mass is 203 g/mol. The van der Waals surface area contributed by atoms with Crippen LogP contribution in [0.4, 0.5) is 0 Å². The van der Waals surface area contributed by atoms with Gasteiger partial charge < -0.3 is 20.3 Å². The van der Waals surface area contributed by atoms with Gasteiger partial charge in [0.25, 0.3) is 0 Å². The molecule has 82 valence electrons. The van der Waals surface area contributed by atoms with Gasteiger partial charge in [0.15, 0.2) is 0 Å². The van der Waals surface area contributed by atoms with E-state index in [0.717, 1.165) is 12.8 Å². The van der Waals surface area contributed by atoms with E-state index in [4.69, 9.17) is 9.84 Å². The highest BCUT2D eigenvalue weighted by Crippen LogP contribution is 2.27. The smallest absolute Gasteiger partial charge is 0.308 e. The molecule has 0 aromatic carbocycles. The Balaban J connectivity index is 2.15. The van der Waals surface area contributed by atoms with Gasteiger partial charge in [0.1, 0.15) is 0 Å². The SMILES string of the molecule is COCC(O)CNC1CCC1C(=O)O. The molecule has 0 aromatic rings. The van der Waals surface area contributed by atoms with E-state index >= 15 is 0 Å². The zero-order chi connectivity index (χ0) is 10.6. The van der Waals surface area contributed by atoms with Gasteiger partial charge in [0.2, 0.25) is 0 Å². The van der Waals surface area contributed by atoms with Gasteiger partial charge in [-0.3, -0.25) is 4.79 Å². The summed E-state index contributed by atoms with van der Waals surface area (Å²) in [6.45, 7) is 0.666. The lowest BCUT2D eigenvalue weighted by atomic mass is 9.79. The predicted octanol–water partition coefficient (Wildman–Crippen LogP) is -0.553. The van der Waals surface area contributed by atoms with Gasteiger partial charge in [-0.15, -0.1) is 0 Å². The molecule has 1 aliphatic carbocycles. The summed E-state index contributed by atoms with van der Waals surface area (Å²) >= 11 is 0. The summed E-state index contributed by atoms with van der Waals surface area (Å²) in [5, 5.41) is 21.1. The van der Waals surface area contributed by atoms with Gasteiger partial charge in [-0.05, 0) is 12.8 Å². The number of aliphatic carboxylic acids is 1. The number of carboxylic acid groups (broad SMARTS) is 1. The molecular formula is C9H17NO4. The second-order valence-electron chi connectivity index (χ2n) is 3.65. The minimum Gasteiger partial charge on any atom is -0.481 e. The zero-order valence-electron chi connectivity index (χ0n) is 8.27. The Bertz CT molecular complexity index is 197. The van der Waals surface area contributed by atoms with Crippen molar-refractivity contribution >= 4 is 5.97 Å². The Morgan fingerprint density at radius 3 is 2.79 bits per heavy atom. The van der Waals surface area contributed by atoms with Crippen molar-refractivity contribution in [3.8, 4) is 0 Å². The van der Waals surface area contributed by atoms with Crippen LogP contribution in [-0.4, -0.2) is 48.6 Å². The van der Waals surface area contributed by atoms with Crippen LogP contribution in [0.3, 0.4) is 0 Å². The van der Waals surface area contributed by atoms with Crippen molar-refractivity contribution in [1.82, 2.24) is 5.32 Å². The molecule has 1 saturated carbocycles. The summed E-state index contributed by atoms with van der Waals surface area (Å²) in [6, 6.07) is 0.0130. The highest BCUT2D eigenvalue weighted by atomic mass is 16.5. The lowest BCUT2D eigenvalue weighted by molar-refractivity contribution is -0.146. The van der Waals surface area contributed by atoms with E-state index in [1.807, 2.05) is 0 Å². The zero-order valence-corrected chi connectivity index (χ0v) is 8.27. The van der Waals surface area contributed by atoms with Crippen LogP contribution in [0.2, 0.25) is 0 Å². The molecule has 1 rings (SSSR count). The molecule has 0 amide bonds. The average Bonchev–Trinajstić information content (AvgIpc) is 2.01. The quantitative estimate of drug-likeness (QED) is 0.539. The molecule has 0 radical (unpaired) electrons. The molecule has 1 fully saturated rings. The van der Waals surface area contributed by atoms with E-state index in [1.54, 1.807) is 0 Å². The number of carbonyl (C=O) groups is 1. The molecule has 0 aromatic heterocycles. The molecule has 0 bridgehead atoms. The molecular weight excluding hydrogens is 186 g/mol. The highest BCUT2D eigenvalue weighted by Gasteiger charge is 2.36. The van der Waals surface area contributed by atoms with E-state index in [-0.39, 0.29) is 18.6 Å². The van der Waals surface area contributed by atoms with E-state index < -0.39 is 12.1 Å². The van der Waals surface area contributed by atoms with Crippen LogP contribution in [0.25, 0.3) is 0 Å². The number of rotatable bonds is 6. The Hall–Kier alpha value is -0.650. The summed E-state index contributed by atoms with van der Waals surface area (Å²) in [5.41, 5.74) is 0. The summed E-state index contributed by atoms with van der Waals surface area (Å²) in [5.74, 6) is -1.04. The van der Waals surface area contributed by atoms with Gasteiger partial charge >= 0.3 is 5.97 Å². The van der Waals surface area contributed by atoms with Gasteiger partial charge in [0.05, 0.1) is 18.6 Å². The van der Waals surface area contributed by atoms with Crippen LogP contribution < -0.4 is 5.32 Å². The number of aliphatic hydroxyl groups is 1. The summed E-state index contributed by atoms with van der Waals surface area (Å²) < 4.78 is 4.76. The Kier molecular flexibility index (Phi) is 4.31. The lowest BCUT2D eigenvalue weighted by Crippen LogP contribution is -2.50. The second kappa shape index (κ2) is 5.29. The molecule has 3 unspecified atom stereocenters. The first-order valence-electron chi connectivity index (χ1n) is 4.78. The standard InChI is InChI=1S/C9H17NO4/c1-14-5-6(11)4-10-8-3-2-7(8)9(12)13/h6-8,10-11H,2-5H2,1H3,(H,12,13). The van der Waals surface area contributed by atoms with Crippen LogP contribution in [0.1, 0.15) is 12.8 Å². The van der Waals surface area contributed by atoms with Crippen molar-refractivity contribution < 1.29 is 19.7 Å². The van der Waals surface area contributed by atoms with Crippen molar-refractivity contribution in [2.24, 2.45) is 5.92 Å². The lowest BCUT2D eigenvalue weighted by Gasteiger charge is -2.34. The van der Waals surface area contributed by atoms with Crippen LogP contribution in [0, 0.1) is 5.92 Å². The maximum Gasteiger partial charge on any atom is 0.308 e. The Labute approximate surface area is 83.1 Å². The molecule has 0 spiro atoms. The molecule has 3 atom stereocenters. The Morgan fingerprint density at radius 2 is 2.36 bits per heavy atom. The van der Waals surface area contributed by atoms with Gasteiger partial charge in [-0.25, -0.2) is 0 Å². The number of aliphatic hydroxyl groups excluding tert-OH is 1. The molecule has 3 N–H and O–H groups in total. The van der Waals surface area contributed by atoms with Gasteiger partial charge in [-0.2, -0.15) is 0 Å². The van der Waals surface area contributed by atoms with Crippen LogP contribution in [0.15, 0.2) is 0 Å². The minimum absolute atomic E-state index is 0.0130. The van der Waals surface area contributed by atoms with Crippen molar-refractivity contribution in [2.45, 2.75) is 25.0 Å². The minimum atomic E-state index is -0.755. The van der Waals surface area contributed by atoms with Gasteiger partial charge in [0, 0.05) is 19.7 Å². The summed E-state index contributed by atoms with van der Waals surface area (Å²) in [7, 11) is 1.52. The fraction of sp³-hybridized carbons (Fsp3) is 0.889. The van der Waals surface area contributed by atoms with Crippen molar-refractivity contribution in [2.75, 3.05) is 20.3 Å². The second-order valence-corrected chi connectivity index (χ2v) is 3.65. The number of ether oxygens (including phenoxy) is 1. The summed E-state index contributed by atoms with van der Waals surface area (Å²) in [4.78, 5) is 10.6. The molecule has 0 aliphatic heterocycles. The molecule has 5 nitrogen and oxygen atoms in total. The molecule has 14 heavy (non-hydrogen) atoms. The largest absolute Gasteiger partial charge is 0.481 e. The number of hydrogen-bond donors (Lipinski definition) is 3. The third kappa shape index (κ3) is 2.94. The van der Waals surface area contributed by atoms with E-state index in [2.05, 4.69) is 5.32 Å². The average molecular weight is 203 g/mol. The first-order valence-corrected chi connectivity index (χ1v) is 4.78. The maximum atomic E-state index is 10.6. The van der Waals surface area contributed by atoms with Gasteiger partial charge in [-0.1, -0.05) is 0 Å². The molecule has 0 heterocycles. The third-order valence-corrected chi connectivity index (χ3v) is 2.57. The van der Waals surface area contributed by atoms with E-state index in [9.17, 15) is 9.90 Å². The fourth-order valence-electron chi connectivity index (χ4n) is 1.58. The first kappa shape index (κ1) is 11.4. The highest BCUT2D eigenvalue weighted by molar-refractivity contribution is 5.72. The van der Waals surface area contributed by atoms with Crippen LogP contribution in [-0.2, 0) is 9.53 Å². The van der Waals surface area contributed by atoms with Crippen LogP contribution >= 0.6 is 0 Å². The number of nitrogens with one attached hydrogen (secondary N) is 1. The Morgan fingerprint density at radius 1 is 1.64 bits per heavy atom. The number of hydrogen-bond acceptors (Lipinski definition) is 4. The first-order chi connectivity index (χ1) is 6.65. The predicted molar refractivity (Wildman–Crippen MR) is 50.0 cm³/mol. The fourth-order valence-corrected chi connectivity index (χ4v) is 1.58. The molecule has 5 heteroatoms. The van der Waals surface area contributed by atoms with Crippen molar-refractivity contribution in [3.63, 3.8) is 0 Å². The molecule has 1 aliphatic rings. The van der Waals surface area contributed by atoms with Crippen molar-refractivity contribution in [3.05, 3.63) is 0 Å². The van der Waals surface area contributed by atoms with E-state index in [1.165, 1.54) is 7.11 Å². The third-order valence-electron chi connectivity index (χ3n) is 2.57. The normalized spacial score (nSPS) is 28.1. The van der Waals surface area contributed by atoms with Crippen LogP contribution in [0.5, 0.6) is 0 Å². The number of carboxylic acids is 1. The number of methoxy groups -OCH3 is 1.